The molecule has 0 spiro atoms. The summed E-state index contributed by atoms with van der Waals surface area (Å²) in [6.45, 7) is 24.3. The number of carboxylic acids is 1. The summed E-state index contributed by atoms with van der Waals surface area (Å²) in [4.78, 5) is 34.7. The predicted molar refractivity (Wildman–Crippen MR) is 309 cm³/mol. The van der Waals surface area contributed by atoms with E-state index < -0.39 is 5.97 Å². The van der Waals surface area contributed by atoms with Crippen molar-refractivity contribution in [1.29, 1.82) is 0 Å². The summed E-state index contributed by atoms with van der Waals surface area (Å²) in [6, 6.07) is 28.4. The third-order valence-electron chi connectivity index (χ3n) is 14.4. The number of carbonyl (C=O) groups is 2. The van der Waals surface area contributed by atoms with Crippen LogP contribution in [0.2, 0.25) is 30.1 Å². The topological polar surface area (TPSA) is 82.6 Å². The molecule has 4 aliphatic rings. The van der Waals surface area contributed by atoms with Crippen molar-refractivity contribution in [3.63, 3.8) is 0 Å². The van der Waals surface area contributed by atoms with Gasteiger partial charge in [0.25, 0.3) is 0 Å². The van der Waals surface area contributed by atoms with E-state index in [1.165, 1.54) is 49.9 Å². The minimum absolute atomic E-state index is 0.0486. The molecule has 8 rings (SSSR count). The molecule has 0 radical (unpaired) electrons. The van der Waals surface area contributed by atoms with E-state index in [0.717, 1.165) is 106 Å². The molecule has 4 aromatic carbocycles. The van der Waals surface area contributed by atoms with Gasteiger partial charge in [-0.05, 0) is 159 Å². The van der Waals surface area contributed by atoms with Crippen molar-refractivity contribution < 1.29 is 14.7 Å². The van der Waals surface area contributed by atoms with Crippen LogP contribution in [0.4, 0.5) is 11.4 Å². The van der Waals surface area contributed by atoms with Gasteiger partial charge < -0.3 is 25.1 Å². The number of carboxylic acid groups (broad SMARTS) is 1. The molecule has 4 aliphatic heterocycles. The Morgan fingerprint density at radius 2 is 0.932 bits per heavy atom. The van der Waals surface area contributed by atoms with Gasteiger partial charge in [-0.25, -0.2) is 0 Å². The highest BCUT2D eigenvalue weighted by atomic mass is 35.5. The smallest absolute Gasteiger partial charge is 0.303 e. The van der Waals surface area contributed by atoms with Gasteiger partial charge in [-0.1, -0.05) is 135 Å². The maximum absolute atomic E-state index is 12.6. The minimum Gasteiger partial charge on any atom is -0.481 e. The number of anilines is 2. The van der Waals surface area contributed by atoms with Gasteiger partial charge in [-0.15, -0.1) is 0 Å². The summed E-state index contributed by atoms with van der Waals surface area (Å²) in [5.74, 6) is 1.12. The van der Waals surface area contributed by atoms with Crippen LogP contribution in [0.25, 0.3) is 0 Å². The number of carbonyl (C=O) groups excluding carboxylic acids is 1. The molecule has 2 unspecified atom stereocenters. The van der Waals surface area contributed by atoms with Crippen LogP contribution in [0.15, 0.2) is 84.9 Å². The molecule has 2 N–H and O–H groups in total. The fraction of sp³-hybridized carbons (Fsp3) is 0.552. The quantitative estimate of drug-likeness (QED) is 0.145. The number of piperidine rings is 2. The Hall–Kier alpha value is -2.96. The summed E-state index contributed by atoms with van der Waals surface area (Å²) in [5.41, 5.74) is 4.55. The van der Waals surface area contributed by atoms with E-state index in [1.807, 2.05) is 81.4 Å². The SMILES string of the molecule is CC(C)(C)CC(=O)N1CCC(CCN2CCN(c3ccc(Cl)cc3Cl)C(c3ccc(Cl)cc3)C2)CC1.CC(C)(C)CC(=O)O.Clc1ccc(C2CN(CCC3CCNCC3)CCN2c2ccc(Cl)cc2Cl)cc1. The Kier molecular flexibility index (Phi) is 22.7. The summed E-state index contributed by atoms with van der Waals surface area (Å²) in [7, 11) is 0. The van der Waals surface area contributed by atoms with Crippen molar-refractivity contribution in [3.05, 3.63) is 126 Å². The maximum atomic E-state index is 12.6. The second-order valence-corrected chi connectivity index (χ2v) is 25.3. The predicted octanol–water partition coefficient (Wildman–Crippen LogP) is 15.0. The molecule has 4 heterocycles. The van der Waals surface area contributed by atoms with Crippen LogP contribution < -0.4 is 15.1 Å². The largest absolute Gasteiger partial charge is 0.481 e. The molecule has 2 atom stereocenters. The third-order valence-corrected chi connectivity index (χ3v) is 16.0. The van der Waals surface area contributed by atoms with E-state index in [9.17, 15) is 9.59 Å². The molecule has 0 aliphatic carbocycles. The molecule has 4 aromatic rings. The van der Waals surface area contributed by atoms with Crippen LogP contribution in [-0.2, 0) is 9.59 Å². The monoisotopic (exact) mass is 1120 g/mol. The van der Waals surface area contributed by atoms with Crippen molar-refractivity contribution in [2.24, 2.45) is 22.7 Å². The lowest BCUT2D eigenvalue weighted by Crippen LogP contribution is -2.49. The zero-order chi connectivity index (χ0) is 52.9. The van der Waals surface area contributed by atoms with E-state index in [-0.39, 0.29) is 29.3 Å². The zero-order valence-corrected chi connectivity index (χ0v) is 48.3. The van der Waals surface area contributed by atoms with Crippen LogP contribution in [0.5, 0.6) is 0 Å². The molecule has 0 bridgehead atoms. The van der Waals surface area contributed by atoms with E-state index >= 15 is 0 Å². The summed E-state index contributed by atoms with van der Waals surface area (Å²) in [6.07, 6.45) is 8.17. The fourth-order valence-corrected chi connectivity index (χ4v) is 11.7. The van der Waals surface area contributed by atoms with Crippen LogP contribution in [0, 0.1) is 22.7 Å². The molecule has 0 saturated carbocycles. The Morgan fingerprint density at radius 3 is 1.30 bits per heavy atom. The Bertz CT molecular complexity index is 2360. The number of halogens is 6. The number of benzene rings is 4. The first-order valence-corrected chi connectivity index (χ1v) is 28.5. The Labute approximate surface area is 466 Å². The van der Waals surface area contributed by atoms with Gasteiger partial charge in [0.05, 0.1) is 39.9 Å². The number of likely N-dealkylation sites (tertiary alicyclic amines) is 1. The second-order valence-electron chi connectivity index (χ2n) is 22.8. The molecule has 400 valence electrons. The lowest BCUT2D eigenvalue weighted by molar-refractivity contribution is -0.139. The van der Waals surface area contributed by atoms with Crippen LogP contribution in [0.1, 0.15) is 116 Å². The lowest BCUT2D eigenvalue weighted by atomic mass is 9.89. The van der Waals surface area contributed by atoms with Crippen LogP contribution >= 0.6 is 69.6 Å². The van der Waals surface area contributed by atoms with E-state index in [2.05, 4.69) is 74.9 Å². The standard InChI is InChI=1S/C29H38Cl3N3O.C23H28Cl3N3.C6H12O2/c1-29(2,3)19-28(36)34-14-11-21(12-15-34)10-13-33-16-17-35(26-9-8-24(31)18-25(26)32)27(20-33)22-4-6-23(30)7-5-22;24-19-3-1-18(2-4-19)23-16-28(12-9-17-7-10-27-11-8-17)13-14-29(23)22-6-5-20(25)15-21(22)26;1-6(2,3)4-5(7)8/h4-9,18,21,27H,10-17,19-20H2,1-3H3;1-6,15,17,23,27H,7-14,16H2;4H2,1-3H3,(H,7,8). The molecule has 0 aromatic heterocycles. The van der Waals surface area contributed by atoms with Crippen molar-refractivity contribution in [1.82, 2.24) is 20.0 Å². The van der Waals surface area contributed by atoms with E-state index in [4.69, 9.17) is 74.7 Å². The van der Waals surface area contributed by atoms with Gasteiger partial charge in [-0.2, -0.15) is 0 Å². The highest BCUT2D eigenvalue weighted by molar-refractivity contribution is 6.37. The van der Waals surface area contributed by atoms with Gasteiger partial charge in [0, 0.05) is 78.9 Å². The minimum atomic E-state index is -0.725. The maximum Gasteiger partial charge on any atom is 0.303 e. The Balaban J connectivity index is 0.000000210. The molecule has 15 heteroatoms. The number of hydrogen-bond acceptors (Lipinski definition) is 7. The average molecular weight is 1120 g/mol. The second kappa shape index (κ2) is 27.9. The molecular weight excluding hydrogens is 1040 g/mol. The van der Waals surface area contributed by atoms with E-state index in [0.29, 0.717) is 38.3 Å². The number of nitrogens with zero attached hydrogens (tertiary/aromatic N) is 5. The summed E-state index contributed by atoms with van der Waals surface area (Å²) >= 11 is 37.8. The lowest BCUT2D eigenvalue weighted by Gasteiger charge is -2.44. The normalized spacial score (nSPS) is 19.7. The average Bonchev–Trinajstić information content (AvgIpc) is 3.33. The summed E-state index contributed by atoms with van der Waals surface area (Å²) < 4.78 is 0. The highest BCUT2D eigenvalue weighted by Gasteiger charge is 2.33. The van der Waals surface area contributed by atoms with Gasteiger partial charge >= 0.3 is 5.97 Å². The van der Waals surface area contributed by atoms with Gasteiger partial charge in [0.15, 0.2) is 0 Å². The van der Waals surface area contributed by atoms with Crippen LogP contribution in [-0.4, -0.2) is 110 Å². The molecule has 4 fully saturated rings. The molecular formula is C58H78Cl6N6O3. The van der Waals surface area contributed by atoms with Crippen molar-refractivity contribution in [3.8, 4) is 0 Å². The number of aliphatic carboxylic acids is 1. The molecule has 73 heavy (non-hydrogen) atoms. The number of rotatable bonds is 12. The van der Waals surface area contributed by atoms with Crippen LogP contribution in [0.3, 0.4) is 0 Å². The Morgan fingerprint density at radius 1 is 0.534 bits per heavy atom. The van der Waals surface area contributed by atoms with Gasteiger partial charge in [-0.3, -0.25) is 19.4 Å². The number of hydrogen-bond donors (Lipinski definition) is 2. The number of amides is 1. The first-order valence-electron chi connectivity index (χ1n) is 26.2. The third kappa shape index (κ3) is 19.2. The van der Waals surface area contributed by atoms with E-state index in [1.54, 1.807) is 0 Å². The zero-order valence-electron chi connectivity index (χ0n) is 43.8. The van der Waals surface area contributed by atoms with Gasteiger partial charge in [0.2, 0.25) is 5.91 Å². The first-order chi connectivity index (χ1) is 34.6. The first kappa shape index (κ1) is 59.3. The molecule has 9 nitrogen and oxygen atoms in total. The highest BCUT2D eigenvalue weighted by Crippen LogP contribution is 2.39. The van der Waals surface area contributed by atoms with Crippen molar-refractivity contribution in [2.45, 2.75) is 105 Å². The summed E-state index contributed by atoms with van der Waals surface area (Å²) in [5, 5.41) is 15.9. The van der Waals surface area contributed by atoms with Crippen molar-refractivity contribution in [2.75, 3.05) is 88.3 Å². The van der Waals surface area contributed by atoms with Crippen molar-refractivity contribution >= 4 is 92.9 Å². The fourth-order valence-electron chi connectivity index (χ4n) is 10.4. The van der Waals surface area contributed by atoms with Gasteiger partial charge in [0.1, 0.15) is 0 Å². The number of piperazine rings is 2. The molecule has 1 amide bonds. The number of nitrogens with one attached hydrogen (secondary N) is 1. The molecule has 4 saturated heterocycles.